The Morgan fingerprint density at radius 1 is 1.26 bits per heavy atom. The summed E-state index contributed by atoms with van der Waals surface area (Å²) in [5.41, 5.74) is 1.92. The zero-order valence-electron chi connectivity index (χ0n) is 15.1. The van der Waals surface area contributed by atoms with E-state index in [0.29, 0.717) is 12.2 Å². The first-order valence-electron chi connectivity index (χ1n) is 8.65. The molecule has 0 aliphatic heterocycles. The molecule has 3 rings (SSSR count). The summed E-state index contributed by atoms with van der Waals surface area (Å²) in [6.07, 6.45) is -0.431. The van der Waals surface area contributed by atoms with E-state index in [4.69, 9.17) is 9.26 Å². The number of carbonyl (C=O) groups is 1. The number of halogens is 1. The Morgan fingerprint density at radius 3 is 2.81 bits per heavy atom. The van der Waals surface area contributed by atoms with Crippen molar-refractivity contribution >= 4 is 5.91 Å². The first-order chi connectivity index (χ1) is 13.1. The molecule has 7 heteroatoms. The predicted octanol–water partition coefficient (Wildman–Crippen LogP) is 3.66. The maximum Gasteiger partial charge on any atom is 0.261 e. The summed E-state index contributed by atoms with van der Waals surface area (Å²) in [6.45, 7) is 3.83. The van der Waals surface area contributed by atoms with Crippen molar-refractivity contribution in [1.29, 1.82) is 0 Å². The molecule has 0 saturated heterocycles. The number of rotatable bonds is 7. The maximum atomic E-state index is 13.7. The molecule has 27 heavy (non-hydrogen) atoms. The number of benzene rings is 2. The fourth-order valence-corrected chi connectivity index (χ4v) is 2.52. The molecular weight excluding hydrogens is 349 g/mol. The fourth-order valence-electron chi connectivity index (χ4n) is 2.52. The van der Waals surface area contributed by atoms with Crippen LogP contribution in [-0.4, -0.2) is 22.2 Å². The first kappa shape index (κ1) is 18.6. The SMILES string of the molecule is CC[C@H](Oc1ccccc1F)C(=O)NCc1nc(-c2cccc(C)c2)no1. The minimum atomic E-state index is -0.818. The van der Waals surface area contributed by atoms with E-state index in [1.54, 1.807) is 19.1 Å². The number of hydrogen-bond acceptors (Lipinski definition) is 5. The van der Waals surface area contributed by atoms with E-state index in [2.05, 4.69) is 15.5 Å². The van der Waals surface area contributed by atoms with E-state index in [1.807, 2.05) is 31.2 Å². The molecule has 0 spiro atoms. The van der Waals surface area contributed by atoms with Gasteiger partial charge in [0.1, 0.15) is 0 Å². The summed E-state index contributed by atoms with van der Waals surface area (Å²) < 4.78 is 24.4. The van der Waals surface area contributed by atoms with E-state index in [-0.39, 0.29) is 24.1 Å². The number of ether oxygens (including phenoxy) is 1. The van der Waals surface area contributed by atoms with Gasteiger partial charge in [0, 0.05) is 5.56 Å². The summed E-state index contributed by atoms with van der Waals surface area (Å²) in [5.74, 6) is -0.114. The zero-order valence-corrected chi connectivity index (χ0v) is 15.1. The third kappa shape index (κ3) is 4.69. The highest BCUT2D eigenvalue weighted by molar-refractivity contribution is 5.81. The summed E-state index contributed by atoms with van der Waals surface area (Å²) >= 11 is 0. The molecule has 0 aliphatic carbocycles. The van der Waals surface area contributed by atoms with Gasteiger partial charge in [-0.1, -0.05) is 48.0 Å². The monoisotopic (exact) mass is 369 g/mol. The van der Waals surface area contributed by atoms with Crippen molar-refractivity contribution in [3.05, 3.63) is 65.8 Å². The average molecular weight is 369 g/mol. The van der Waals surface area contributed by atoms with Crippen LogP contribution in [-0.2, 0) is 11.3 Å². The summed E-state index contributed by atoms with van der Waals surface area (Å²) in [5, 5.41) is 6.61. The molecule has 140 valence electrons. The van der Waals surface area contributed by atoms with Crippen molar-refractivity contribution in [2.45, 2.75) is 32.9 Å². The lowest BCUT2D eigenvalue weighted by Crippen LogP contribution is -2.37. The smallest absolute Gasteiger partial charge is 0.261 e. The summed E-state index contributed by atoms with van der Waals surface area (Å²) in [6, 6.07) is 13.7. The molecule has 6 nitrogen and oxygen atoms in total. The number of amides is 1. The maximum absolute atomic E-state index is 13.7. The van der Waals surface area contributed by atoms with Gasteiger partial charge in [-0.3, -0.25) is 4.79 Å². The van der Waals surface area contributed by atoms with Crippen molar-refractivity contribution in [3.8, 4) is 17.1 Å². The van der Waals surface area contributed by atoms with Crippen LogP contribution in [0.2, 0.25) is 0 Å². The molecule has 1 heterocycles. The van der Waals surface area contributed by atoms with Gasteiger partial charge in [-0.05, 0) is 31.5 Å². The fraction of sp³-hybridized carbons (Fsp3) is 0.250. The van der Waals surface area contributed by atoms with Crippen LogP contribution in [0.4, 0.5) is 4.39 Å². The molecule has 1 atom stereocenters. The lowest BCUT2D eigenvalue weighted by Gasteiger charge is -2.17. The van der Waals surface area contributed by atoms with Crippen LogP contribution in [0.1, 0.15) is 24.8 Å². The van der Waals surface area contributed by atoms with Gasteiger partial charge in [0.2, 0.25) is 11.7 Å². The standard InChI is InChI=1S/C20H20FN3O3/c1-3-16(26-17-10-5-4-9-15(17)21)20(25)22-12-18-23-19(24-27-18)14-8-6-7-13(2)11-14/h4-11,16H,3,12H2,1-2H3,(H,22,25)/t16-/m0/s1. The van der Waals surface area contributed by atoms with E-state index in [9.17, 15) is 9.18 Å². The van der Waals surface area contributed by atoms with Crippen LogP contribution in [0.3, 0.4) is 0 Å². The molecular formula is C20H20FN3O3. The van der Waals surface area contributed by atoms with Crippen LogP contribution < -0.4 is 10.1 Å². The number of aryl methyl sites for hydroxylation is 1. The van der Waals surface area contributed by atoms with Crippen LogP contribution >= 0.6 is 0 Å². The molecule has 0 radical (unpaired) electrons. The minimum Gasteiger partial charge on any atom is -0.478 e. The third-order valence-corrected chi connectivity index (χ3v) is 3.93. The molecule has 0 saturated carbocycles. The highest BCUT2D eigenvalue weighted by atomic mass is 19.1. The van der Waals surface area contributed by atoms with Gasteiger partial charge in [0.05, 0.1) is 6.54 Å². The summed E-state index contributed by atoms with van der Waals surface area (Å²) in [4.78, 5) is 16.6. The Balaban J connectivity index is 1.60. The number of para-hydroxylation sites is 1. The average Bonchev–Trinajstić information content (AvgIpc) is 3.14. The van der Waals surface area contributed by atoms with Gasteiger partial charge in [-0.15, -0.1) is 0 Å². The van der Waals surface area contributed by atoms with Crippen molar-refractivity contribution in [3.63, 3.8) is 0 Å². The van der Waals surface area contributed by atoms with E-state index < -0.39 is 11.9 Å². The number of hydrogen-bond donors (Lipinski definition) is 1. The van der Waals surface area contributed by atoms with Crippen molar-refractivity contribution in [2.75, 3.05) is 0 Å². The van der Waals surface area contributed by atoms with Gasteiger partial charge in [-0.25, -0.2) is 4.39 Å². The molecule has 2 aromatic carbocycles. The van der Waals surface area contributed by atoms with Gasteiger partial charge in [-0.2, -0.15) is 4.98 Å². The quantitative estimate of drug-likeness (QED) is 0.688. The van der Waals surface area contributed by atoms with Crippen molar-refractivity contribution in [2.24, 2.45) is 0 Å². The second-order valence-corrected chi connectivity index (χ2v) is 6.04. The van der Waals surface area contributed by atoms with Crippen LogP contribution in [0, 0.1) is 12.7 Å². The number of aromatic nitrogens is 2. The normalized spacial score (nSPS) is 11.8. The Hall–Kier alpha value is -3.22. The van der Waals surface area contributed by atoms with E-state index >= 15 is 0 Å². The molecule has 1 N–H and O–H groups in total. The van der Waals surface area contributed by atoms with Crippen molar-refractivity contribution in [1.82, 2.24) is 15.5 Å². The predicted molar refractivity (Wildman–Crippen MR) is 97.4 cm³/mol. The van der Waals surface area contributed by atoms with Gasteiger partial charge < -0.3 is 14.6 Å². The third-order valence-electron chi connectivity index (χ3n) is 3.93. The Bertz CT molecular complexity index is 926. The Kier molecular flexibility index (Phi) is 5.80. The highest BCUT2D eigenvalue weighted by Gasteiger charge is 2.20. The number of nitrogens with one attached hydrogen (secondary N) is 1. The second kappa shape index (κ2) is 8.44. The number of carbonyl (C=O) groups excluding carboxylic acids is 1. The lowest BCUT2D eigenvalue weighted by atomic mass is 10.1. The van der Waals surface area contributed by atoms with Crippen molar-refractivity contribution < 1.29 is 18.4 Å². The van der Waals surface area contributed by atoms with E-state index in [0.717, 1.165) is 11.1 Å². The first-order valence-corrected chi connectivity index (χ1v) is 8.65. The van der Waals surface area contributed by atoms with Crippen LogP contribution in [0.15, 0.2) is 53.1 Å². The van der Waals surface area contributed by atoms with Gasteiger partial charge in [0.25, 0.3) is 5.91 Å². The molecule has 0 unspecified atom stereocenters. The molecule has 1 aromatic heterocycles. The molecule has 3 aromatic rings. The lowest BCUT2D eigenvalue weighted by molar-refractivity contribution is -0.128. The van der Waals surface area contributed by atoms with E-state index in [1.165, 1.54) is 12.1 Å². The largest absolute Gasteiger partial charge is 0.478 e. The summed E-state index contributed by atoms with van der Waals surface area (Å²) in [7, 11) is 0. The molecule has 0 bridgehead atoms. The zero-order chi connectivity index (χ0) is 19.2. The van der Waals surface area contributed by atoms with Gasteiger partial charge >= 0.3 is 0 Å². The second-order valence-electron chi connectivity index (χ2n) is 6.04. The molecule has 0 aliphatic rings. The Morgan fingerprint density at radius 2 is 2.07 bits per heavy atom. The van der Waals surface area contributed by atoms with Gasteiger partial charge in [0.15, 0.2) is 17.7 Å². The van der Waals surface area contributed by atoms with Crippen LogP contribution in [0.25, 0.3) is 11.4 Å². The highest BCUT2D eigenvalue weighted by Crippen LogP contribution is 2.19. The van der Waals surface area contributed by atoms with Crippen LogP contribution in [0.5, 0.6) is 5.75 Å². The topological polar surface area (TPSA) is 77.2 Å². The molecule has 0 fully saturated rings. The minimum absolute atomic E-state index is 0.0408. The Labute approximate surface area is 156 Å². The molecule has 1 amide bonds. The number of nitrogens with zero attached hydrogens (tertiary/aromatic N) is 2.